The normalized spacial score (nSPS) is 20.0. The minimum atomic E-state index is -0.995. The Morgan fingerprint density at radius 1 is 1.09 bits per heavy atom. The van der Waals surface area contributed by atoms with E-state index in [-0.39, 0.29) is 30.1 Å². The highest BCUT2D eigenvalue weighted by molar-refractivity contribution is 5.95. The van der Waals surface area contributed by atoms with Gasteiger partial charge in [-0.2, -0.15) is 0 Å². The van der Waals surface area contributed by atoms with E-state index in [9.17, 15) is 14.4 Å². The summed E-state index contributed by atoms with van der Waals surface area (Å²) in [6, 6.07) is 5.97. The lowest BCUT2D eigenvalue weighted by Crippen LogP contribution is -2.55. The van der Waals surface area contributed by atoms with Crippen molar-refractivity contribution in [3.05, 3.63) is 35.4 Å². The topological polar surface area (TPSA) is 149 Å². The standard InChI is InChI=1S/C23H33N5O4/c24-21(25)17-10-8-15(9-11-17)13-27-22(31)18-7-4-12-28(18)23(32)20(26-14-19(29)30)16-5-2-1-3-6-16/h8-11,16,18,20,26H,1-7,12-14H2,(H3,24,25)(H,27,31)(H,29,30)/t18-,20+/m0/s1. The van der Waals surface area contributed by atoms with Crippen molar-refractivity contribution in [2.24, 2.45) is 11.7 Å². The SMILES string of the molecule is N=C(N)c1ccc(CNC(=O)[C@@H]2CCCN2C(=O)[C@H](NCC(=O)O)C2CCCCC2)cc1. The number of nitrogen functional groups attached to an aromatic ring is 1. The Bertz CT molecular complexity index is 835. The van der Waals surface area contributed by atoms with Gasteiger partial charge in [-0.05, 0) is 37.2 Å². The fourth-order valence-corrected chi connectivity index (χ4v) is 4.71. The third-order valence-electron chi connectivity index (χ3n) is 6.43. The molecule has 9 nitrogen and oxygen atoms in total. The summed E-state index contributed by atoms with van der Waals surface area (Å²) in [5, 5.41) is 22.4. The number of carbonyl (C=O) groups is 3. The fourth-order valence-electron chi connectivity index (χ4n) is 4.71. The van der Waals surface area contributed by atoms with Crippen molar-refractivity contribution >= 4 is 23.6 Å². The van der Waals surface area contributed by atoms with Crippen molar-refractivity contribution in [1.82, 2.24) is 15.5 Å². The van der Waals surface area contributed by atoms with Gasteiger partial charge in [-0.3, -0.25) is 25.1 Å². The first-order valence-electron chi connectivity index (χ1n) is 11.3. The molecule has 2 fully saturated rings. The zero-order valence-corrected chi connectivity index (χ0v) is 18.3. The monoisotopic (exact) mass is 443 g/mol. The molecule has 2 atom stereocenters. The second kappa shape index (κ2) is 11.1. The Labute approximate surface area is 188 Å². The van der Waals surface area contributed by atoms with E-state index < -0.39 is 18.1 Å². The molecule has 0 spiro atoms. The Kier molecular flexibility index (Phi) is 8.21. The Morgan fingerprint density at radius 3 is 2.41 bits per heavy atom. The van der Waals surface area contributed by atoms with Crippen molar-refractivity contribution in [2.45, 2.75) is 63.6 Å². The number of hydrogen-bond acceptors (Lipinski definition) is 5. The number of rotatable bonds is 9. The average molecular weight is 444 g/mol. The van der Waals surface area contributed by atoms with Crippen LogP contribution >= 0.6 is 0 Å². The van der Waals surface area contributed by atoms with Crippen LogP contribution in [-0.4, -0.2) is 58.8 Å². The van der Waals surface area contributed by atoms with Gasteiger partial charge in [0.2, 0.25) is 11.8 Å². The molecule has 1 heterocycles. The molecule has 6 N–H and O–H groups in total. The molecule has 2 aliphatic rings. The maximum Gasteiger partial charge on any atom is 0.317 e. The first-order chi connectivity index (χ1) is 15.4. The smallest absolute Gasteiger partial charge is 0.317 e. The van der Waals surface area contributed by atoms with Crippen LogP contribution in [-0.2, 0) is 20.9 Å². The van der Waals surface area contributed by atoms with E-state index in [1.165, 1.54) is 0 Å². The summed E-state index contributed by atoms with van der Waals surface area (Å²) in [6.07, 6.45) is 6.34. The predicted molar refractivity (Wildman–Crippen MR) is 120 cm³/mol. The zero-order chi connectivity index (χ0) is 23.1. The number of nitrogens with one attached hydrogen (secondary N) is 3. The van der Waals surface area contributed by atoms with E-state index >= 15 is 0 Å². The molecule has 1 aliphatic heterocycles. The lowest BCUT2D eigenvalue weighted by atomic mass is 9.83. The van der Waals surface area contributed by atoms with Crippen LogP contribution in [0.25, 0.3) is 0 Å². The van der Waals surface area contributed by atoms with E-state index in [0.717, 1.165) is 44.1 Å². The van der Waals surface area contributed by atoms with E-state index in [1.807, 2.05) is 12.1 Å². The molecule has 9 heteroatoms. The predicted octanol–water partition coefficient (Wildman–Crippen LogP) is 1.20. The number of amidine groups is 1. The highest BCUT2D eigenvalue weighted by Gasteiger charge is 2.39. The number of carbonyl (C=O) groups excluding carboxylic acids is 2. The lowest BCUT2D eigenvalue weighted by molar-refractivity contribution is -0.142. The summed E-state index contributed by atoms with van der Waals surface area (Å²) >= 11 is 0. The van der Waals surface area contributed by atoms with Crippen molar-refractivity contribution < 1.29 is 19.5 Å². The highest BCUT2D eigenvalue weighted by atomic mass is 16.4. The van der Waals surface area contributed by atoms with E-state index in [0.29, 0.717) is 25.1 Å². The zero-order valence-electron chi connectivity index (χ0n) is 18.3. The van der Waals surface area contributed by atoms with Gasteiger partial charge >= 0.3 is 5.97 Å². The van der Waals surface area contributed by atoms with Gasteiger partial charge in [0, 0.05) is 18.7 Å². The molecule has 1 saturated carbocycles. The third kappa shape index (κ3) is 6.06. The number of likely N-dealkylation sites (tertiary alicyclic amines) is 1. The van der Waals surface area contributed by atoms with Gasteiger partial charge in [-0.15, -0.1) is 0 Å². The van der Waals surface area contributed by atoms with Crippen molar-refractivity contribution in [3.8, 4) is 0 Å². The van der Waals surface area contributed by atoms with Gasteiger partial charge in [0.1, 0.15) is 11.9 Å². The van der Waals surface area contributed by atoms with E-state index in [4.69, 9.17) is 16.2 Å². The number of aliphatic carboxylic acids is 1. The fraction of sp³-hybridized carbons (Fsp3) is 0.565. The van der Waals surface area contributed by atoms with Gasteiger partial charge in [-0.1, -0.05) is 43.5 Å². The second-order valence-corrected chi connectivity index (χ2v) is 8.67. The third-order valence-corrected chi connectivity index (χ3v) is 6.43. The van der Waals surface area contributed by atoms with Gasteiger partial charge in [0.25, 0.3) is 0 Å². The van der Waals surface area contributed by atoms with Crippen LogP contribution in [0, 0.1) is 11.3 Å². The molecular formula is C23H33N5O4. The van der Waals surface area contributed by atoms with Crippen LogP contribution in [0.5, 0.6) is 0 Å². The highest BCUT2D eigenvalue weighted by Crippen LogP contribution is 2.29. The summed E-state index contributed by atoms with van der Waals surface area (Å²) < 4.78 is 0. The van der Waals surface area contributed by atoms with Crippen LogP contribution < -0.4 is 16.4 Å². The molecule has 0 radical (unpaired) electrons. The van der Waals surface area contributed by atoms with E-state index in [2.05, 4.69) is 10.6 Å². The van der Waals surface area contributed by atoms with E-state index in [1.54, 1.807) is 17.0 Å². The Balaban J connectivity index is 1.63. The number of nitrogens with two attached hydrogens (primary N) is 1. The number of carboxylic acid groups (broad SMARTS) is 1. The van der Waals surface area contributed by atoms with Crippen LogP contribution in [0.3, 0.4) is 0 Å². The Morgan fingerprint density at radius 2 is 1.78 bits per heavy atom. The van der Waals surface area contributed by atoms with Crippen LogP contribution in [0.2, 0.25) is 0 Å². The number of hydrogen-bond donors (Lipinski definition) is 5. The number of carboxylic acids is 1. The van der Waals surface area contributed by atoms with Crippen molar-refractivity contribution in [1.29, 1.82) is 5.41 Å². The minimum absolute atomic E-state index is 0.00952. The Hall–Kier alpha value is -2.94. The average Bonchev–Trinajstić information content (AvgIpc) is 3.28. The molecule has 1 aromatic carbocycles. The molecular weight excluding hydrogens is 410 g/mol. The second-order valence-electron chi connectivity index (χ2n) is 8.67. The first-order valence-corrected chi connectivity index (χ1v) is 11.3. The summed E-state index contributed by atoms with van der Waals surface area (Å²) in [6.45, 7) is 0.551. The molecule has 0 aromatic heterocycles. The van der Waals surface area contributed by atoms with Crippen LogP contribution in [0.1, 0.15) is 56.1 Å². The molecule has 3 rings (SSSR count). The van der Waals surface area contributed by atoms with Gasteiger partial charge < -0.3 is 21.1 Å². The summed E-state index contributed by atoms with van der Waals surface area (Å²) in [5.74, 6) is -1.27. The quantitative estimate of drug-likeness (QED) is 0.286. The van der Waals surface area contributed by atoms with Gasteiger partial charge in [0.15, 0.2) is 0 Å². The number of amides is 2. The molecule has 32 heavy (non-hydrogen) atoms. The van der Waals surface area contributed by atoms with Gasteiger partial charge in [-0.25, -0.2) is 0 Å². The lowest BCUT2D eigenvalue weighted by Gasteiger charge is -2.34. The first kappa shape index (κ1) is 23.7. The van der Waals surface area contributed by atoms with Gasteiger partial charge in [0.05, 0.1) is 12.6 Å². The molecule has 1 aliphatic carbocycles. The maximum absolute atomic E-state index is 13.4. The maximum atomic E-state index is 13.4. The number of benzene rings is 1. The summed E-state index contributed by atoms with van der Waals surface area (Å²) in [7, 11) is 0. The van der Waals surface area contributed by atoms with Crippen molar-refractivity contribution in [3.63, 3.8) is 0 Å². The largest absolute Gasteiger partial charge is 0.480 e. The summed E-state index contributed by atoms with van der Waals surface area (Å²) in [4.78, 5) is 39.0. The molecule has 2 amide bonds. The van der Waals surface area contributed by atoms with Crippen LogP contribution in [0.15, 0.2) is 24.3 Å². The van der Waals surface area contributed by atoms with Crippen molar-refractivity contribution in [2.75, 3.05) is 13.1 Å². The number of nitrogens with zero attached hydrogens (tertiary/aromatic N) is 1. The summed E-state index contributed by atoms with van der Waals surface area (Å²) in [5.41, 5.74) is 6.96. The minimum Gasteiger partial charge on any atom is -0.480 e. The molecule has 174 valence electrons. The molecule has 0 unspecified atom stereocenters. The molecule has 0 bridgehead atoms. The van der Waals surface area contributed by atoms with Crippen LogP contribution in [0.4, 0.5) is 0 Å². The molecule has 1 aromatic rings. The molecule has 1 saturated heterocycles.